The molecule has 2 rings (SSSR count). The number of nitrogens with one attached hydrogen (secondary N) is 2. The molecule has 136 valence electrons. The van der Waals surface area contributed by atoms with E-state index in [1.54, 1.807) is 0 Å². The largest absolute Gasteiger partial charge is 0.503 e. The van der Waals surface area contributed by atoms with Crippen LogP contribution in [0.5, 0.6) is 11.5 Å². The zero-order valence-electron chi connectivity index (χ0n) is 13.2. The van der Waals surface area contributed by atoms with Crippen LogP contribution in [0.15, 0.2) is 35.4 Å². The Morgan fingerprint density at radius 1 is 1.12 bits per heavy atom. The lowest BCUT2D eigenvalue weighted by atomic mass is 10.2. The number of aromatic hydroxyl groups is 1. The minimum absolute atomic E-state index is 0.0484. The van der Waals surface area contributed by atoms with E-state index in [4.69, 9.17) is 39.5 Å². The summed E-state index contributed by atoms with van der Waals surface area (Å²) in [5, 5.41) is 16.3. The fourth-order valence-electron chi connectivity index (χ4n) is 1.81. The van der Waals surface area contributed by atoms with E-state index in [0.717, 1.165) is 0 Å². The first kappa shape index (κ1) is 19.8. The van der Waals surface area contributed by atoms with E-state index in [1.807, 2.05) is 0 Å². The molecule has 0 saturated heterocycles. The molecule has 10 heteroatoms. The van der Waals surface area contributed by atoms with Crippen molar-refractivity contribution < 1.29 is 19.4 Å². The van der Waals surface area contributed by atoms with Crippen LogP contribution in [0.25, 0.3) is 0 Å². The van der Waals surface area contributed by atoms with Gasteiger partial charge in [-0.05, 0) is 35.9 Å². The first-order valence-electron chi connectivity index (χ1n) is 6.97. The summed E-state index contributed by atoms with van der Waals surface area (Å²) >= 11 is 17.5. The van der Waals surface area contributed by atoms with Gasteiger partial charge in [0.2, 0.25) is 0 Å². The van der Waals surface area contributed by atoms with Crippen LogP contribution in [0.2, 0.25) is 15.1 Å². The zero-order valence-corrected chi connectivity index (χ0v) is 15.5. The molecule has 0 heterocycles. The molecule has 0 unspecified atom stereocenters. The van der Waals surface area contributed by atoms with Gasteiger partial charge in [0.15, 0.2) is 11.5 Å². The zero-order chi connectivity index (χ0) is 19.3. The smallest absolute Gasteiger partial charge is 0.329 e. The number of amides is 2. The summed E-state index contributed by atoms with van der Waals surface area (Å²) in [5.41, 5.74) is 2.72. The number of hydrazone groups is 1. The third-order valence-electron chi connectivity index (χ3n) is 3.04. The number of hydrogen-bond acceptors (Lipinski definition) is 5. The molecule has 26 heavy (non-hydrogen) atoms. The van der Waals surface area contributed by atoms with E-state index in [1.165, 1.54) is 43.7 Å². The van der Waals surface area contributed by atoms with E-state index in [0.29, 0.717) is 10.6 Å². The van der Waals surface area contributed by atoms with Gasteiger partial charge < -0.3 is 15.2 Å². The third kappa shape index (κ3) is 5.01. The van der Waals surface area contributed by atoms with Gasteiger partial charge in [-0.15, -0.1) is 0 Å². The van der Waals surface area contributed by atoms with Gasteiger partial charge in [0.25, 0.3) is 0 Å². The maximum atomic E-state index is 11.8. The Morgan fingerprint density at radius 3 is 2.50 bits per heavy atom. The highest BCUT2D eigenvalue weighted by atomic mass is 35.5. The number of ether oxygens (including phenoxy) is 1. The van der Waals surface area contributed by atoms with E-state index >= 15 is 0 Å². The number of carbonyl (C=O) groups excluding carboxylic acids is 2. The fourth-order valence-corrected chi connectivity index (χ4v) is 2.48. The van der Waals surface area contributed by atoms with Crippen LogP contribution >= 0.6 is 34.8 Å². The number of halogens is 3. The van der Waals surface area contributed by atoms with Crippen LogP contribution in [0.3, 0.4) is 0 Å². The van der Waals surface area contributed by atoms with Gasteiger partial charge in [0.05, 0.1) is 29.1 Å². The summed E-state index contributed by atoms with van der Waals surface area (Å²) in [4.78, 5) is 23.6. The van der Waals surface area contributed by atoms with Crippen molar-refractivity contribution in [2.45, 2.75) is 0 Å². The summed E-state index contributed by atoms with van der Waals surface area (Å²) in [6, 6.07) is 7.26. The number of phenolic OH excluding ortho intramolecular Hbond substituents is 1. The van der Waals surface area contributed by atoms with Gasteiger partial charge in [-0.3, -0.25) is 9.59 Å². The monoisotopic (exact) mass is 415 g/mol. The molecule has 3 N–H and O–H groups in total. The van der Waals surface area contributed by atoms with Gasteiger partial charge in [0, 0.05) is 5.02 Å². The average molecular weight is 417 g/mol. The van der Waals surface area contributed by atoms with Gasteiger partial charge in [-0.2, -0.15) is 5.10 Å². The Kier molecular flexibility index (Phi) is 6.68. The van der Waals surface area contributed by atoms with Crippen LogP contribution < -0.4 is 15.5 Å². The summed E-state index contributed by atoms with van der Waals surface area (Å²) in [6.45, 7) is 0. The number of benzene rings is 2. The lowest BCUT2D eigenvalue weighted by Gasteiger charge is -2.07. The van der Waals surface area contributed by atoms with Gasteiger partial charge in [0.1, 0.15) is 0 Å². The lowest BCUT2D eigenvalue weighted by Crippen LogP contribution is -2.32. The van der Waals surface area contributed by atoms with Crippen molar-refractivity contribution in [2.24, 2.45) is 5.10 Å². The number of anilines is 1. The molecule has 0 atom stereocenters. The van der Waals surface area contributed by atoms with Crippen molar-refractivity contribution in [3.8, 4) is 11.5 Å². The SMILES string of the molecule is COc1cc(C=NNC(=O)C(=O)Nc2ccc(Cl)cc2Cl)cc(Cl)c1O. The normalized spacial score (nSPS) is 10.6. The maximum absolute atomic E-state index is 11.8. The summed E-state index contributed by atoms with van der Waals surface area (Å²) < 4.78 is 4.95. The van der Waals surface area contributed by atoms with Crippen LogP contribution in [0, 0.1) is 0 Å². The van der Waals surface area contributed by atoms with Crippen molar-refractivity contribution in [3.05, 3.63) is 51.0 Å². The minimum atomic E-state index is -1.01. The Morgan fingerprint density at radius 2 is 1.85 bits per heavy atom. The molecule has 0 aliphatic heterocycles. The van der Waals surface area contributed by atoms with Crippen molar-refractivity contribution >= 4 is 58.5 Å². The Bertz CT molecular complexity index is 887. The molecule has 0 aliphatic carbocycles. The first-order valence-corrected chi connectivity index (χ1v) is 8.11. The van der Waals surface area contributed by atoms with Crippen LogP contribution in [-0.2, 0) is 9.59 Å². The Balaban J connectivity index is 2.00. The average Bonchev–Trinajstić information content (AvgIpc) is 2.60. The third-order valence-corrected chi connectivity index (χ3v) is 3.87. The molecule has 7 nitrogen and oxygen atoms in total. The molecule has 0 fully saturated rings. The predicted octanol–water partition coefficient (Wildman–Crippen LogP) is 3.45. The highest BCUT2D eigenvalue weighted by Gasteiger charge is 2.15. The van der Waals surface area contributed by atoms with E-state index in [2.05, 4.69) is 15.8 Å². The van der Waals surface area contributed by atoms with Crippen LogP contribution in [0.1, 0.15) is 5.56 Å². The number of carbonyl (C=O) groups is 2. The molecule has 0 bridgehead atoms. The molecule has 0 aliphatic rings. The van der Waals surface area contributed by atoms with E-state index in [9.17, 15) is 14.7 Å². The van der Waals surface area contributed by atoms with Crippen molar-refractivity contribution in [1.82, 2.24) is 5.43 Å². The lowest BCUT2D eigenvalue weighted by molar-refractivity contribution is -0.136. The molecule has 0 radical (unpaired) electrons. The second-order valence-electron chi connectivity index (χ2n) is 4.83. The number of hydrogen-bond donors (Lipinski definition) is 3. The number of phenols is 1. The van der Waals surface area contributed by atoms with Crippen LogP contribution in [0.4, 0.5) is 5.69 Å². The second-order valence-corrected chi connectivity index (χ2v) is 6.08. The van der Waals surface area contributed by atoms with Gasteiger partial charge in [-0.1, -0.05) is 34.8 Å². The number of rotatable bonds is 4. The summed E-state index contributed by atoms with van der Waals surface area (Å²) in [7, 11) is 1.36. The summed E-state index contributed by atoms with van der Waals surface area (Å²) in [5.74, 6) is -2.05. The molecule has 2 aromatic rings. The molecular formula is C16H12Cl3N3O4. The molecule has 0 spiro atoms. The van der Waals surface area contributed by atoms with Crippen molar-refractivity contribution in [2.75, 3.05) is 12.4 Å². The van der Waals surface area contributed by atoms with Crippen LogP contribution in [-0.4, -0.2) is 30.2 Å². The number of methoxy groups -OCH3 is 1. The molecule has 0 saturated carbocycles. The predicted molar refractivity (Wildman–Crippen MR) is 100 cm³/mol. The molecular weight excluding hydrogens is 405 g/mol. The molecule has 0 aromatic heterocycles. The van der Waals surface area contributed by atoms with Crippen molar-refractivity contribution in [3.63, 3.8) is 0 Å². The minimum Gasteiger partial charge on any atom is -0.503 e. The van der Waals surface area contributed by atoms with Crippen molar-refractivity contribution in [1.29, 1.82) is 0 Å². The standard InChI is InChI=1S/C16H12Cl3N3O4/c1-26-13-5-8(4-11(19)14(13)23)7-20-22-16(25)15(24)21-12-3-2-9(17)6-10(12)18/h2-7,23H,1H3,(H,21,24)(H,22,25). The van der Waals surface area contributed by atoms with Gasteiger partial charge in [-0.25, -0.2) is 5.43 Å². The highest BCUT2D eigenvalue weighted by Crippen LogP contribution is 2.34. The van der Waals surface area contributed by atoms with E-state index < -0.39 is 11.8 Å². The Labute approximate surface area is 163 Å². The topological polar surface area (TPSA) is 100 Å². The fraction of sp³-hybridized carbons (Fsp3) is 0.0625. The Hall–Kier alpha value is -2.48. The first-order chi connectivity index (χ1) is 12.3. The molecule has 2 aromatic carbocycles. The maximum Gasteiger partial charge on any atom is 0.329 e. The second kappa shape index (κ2) is 8.75. The molecule has 2 amide bonds. The van der Waals surface area contributed by atoms with E-state index in [-0.39, 0.29) is 27.2 Å². The quantitative estimate of drug-likeness (QED) is 0.404. The number of nitrogens with zero attached hydrogens (tertiary/aromatic N) is 1. The highest BCUT2D eigenvalue weighted by molar-refractivity contribution is 6.42. The van der Waals surface area contributed by atoms with Gasteiger partial charge >= 0.3 is 11.8 Å². The summed E-state index contributed by atoms with van der Waals surface area (Å²) in [6.07, 6.45) is 1.23.